The molecule has 0 radical (unpaired) electrons. The predicted molar refractivity (Wildman–Crippen MR) is 149 cm³/mol. The van der Waals surface area contributed by atoms with Crippen molar-refractivity contribution in [3.63, 3.8) is 0 Å². The van der Waals surface area contributed by atoms with Crippen molar-refractivity contribution in [1.29, 1.82) is 0 Å². The molecule has 3 nitrogen and oxygen atoms in total. The van der Waals surface area contributed by atoms with Crippen molar-refractivity contribution in [1.82, 2.24) is 5.32 Å². The van der Waals surface area contributed by atoms with Crippen molar-refractivity contribution >= 4 is 5.91 Å². The molecule has 0 saturated carbocycles. The number of hydrogen-bond acceptors (Lipinski definition) is 2. The Hall–Kier alpha value is -3.59. The molecule has 1 aromatic heterocycles. The minimum Gasteiger partial charge on any atom is -0.456 e. The first kappa shape index (κ1) is 23.8. The van der Waals surface area contributed by atoms with Crippen LogP contribution in [0.3, 0.4) is 0 Å². The van der Waals surface area contributed by atoms with Gasteiger partial charge in [0.15, 0.2) is 5.76 Å². The van der Waals surface area contributed by atoms with Gasteiger partial charge in [-0.1, -0.05) is 88.4 Å². The smallest absolute Gasteiger partial charge is 0.287 e. The summed E-state index contributed by atoms with van der Waals surface area (Å²) >= 11 is 0. The van der Waals surface area contributed by atoms with E-state index < -0.39 is 0 Å². The van der Waals surface area contributed by atoms with Gasteiger partial charge in [0.25, 0.3) is 5.91 Å². The Bertz CT molecular complexity index is 1480. The number of benzene rings is 3. The molecule has 1 heterocycles. The van der Waals surface area contributed by atoms with E-state index in [-0.39, 0.29) is 22.8 Å². The maximum atomic E-state index is 13.3. The van der Waals surface area contributed by atoms with Crippen LogP contribution in [0.2, 0.25) is 0 Å². The third-order valence-electron chi connectivity index (χ3n) is 8.67. The Kier molecular flexibility index (Phi) is 5.45. The highest BCUT2D eigenvalue weighted by Gasteiger charge is 2.37. The van der Waals surface area contributed by atoms with Gasteiger partial charge in [-0.3, -0.25) is 4.79 Å². The molecule has 6 rings (SSSR count). The monoisotopic (exact) mass is 489 g/mol. The molecule has 0 spiro atoms. The van der Waals surface area contributed by atoms with Crippen molar-refractivity contribution in [2.75, 3.05) is 0 Å². The Morgan fingerprint density at radius 3 is 2.03 bits per heavy atom. The van der Waals surface area contributed by atoms with E-state index in [0.717, 1.165) is 16.9 Å². The van der Waals surface area contributed by atoms with E-state index in [2.05, 4.69) is 76.3 Å². The van der Waals surface area contributed by atoms with E-state index in [0.29, 0.717) is 12.2 Å². The minimum atomic E-state index is -0.187. The fraction of sp³-hybridized carbons (Fsp3) is 0.324. The molecule has 2 aliphatic rings. The second kappa shape index (κ2) is 8.48. The van der Waals surface area contributed by atoms with Crippen LogP contribution in [0.4, 0.5) is 0 Å². The maximum Gasteiger partial charge on any atom is 0.287 e. The van der Waals surface area contributed by atoms with Crippen LogP contribution in [0, 0.1) is 6.92 Å². The van der Waals surface area contributed by atoms with Gasteiger partial charge in [-0.2, -0.15) is 0 Å². The second-order valence-corrected chi connectivity index (χ2v) is 12.1. The Balaban J connectivity index is 1.25. The van der Waals surface area contributed by atoms with Gasteiger partial charge in [0.1, 0.15) is 5.76 Å². The lowest BCUT2D eigenvalue weighted by molar-refractivity contribution is 0.0914. The summed E-state index contributed by atoms with van der Waals surface area (Å²) < 4.78 is 6.12. The summed E-state index contributed by atoms with van der Waals surface area (Å²) in [4.78, 5) is 13.3. The average Bonchev–Trinajstić information content (AvgIpc) is 3.47. The van der Waals surface area contributed by atoms with E-state index in [1.807, 2.05) is 30.3 Å². The lowest BCUT2D eigenvalue weighted by Crippen LogP contribution is -2.34. The summed E-state index contributed by atoms with van der Waals surface area (Å²) in [6, 6.07) is 24.9. The third kappa shape index (κ3) is 4.01. The normalized spacial score (nSPS) is 17.1. The van der Waals surface area contributed by atoms with Crippen molar-refractivity contribution in [3.8, 4) is 11.1 Å². The molecule has 2 aliphatic carbocycles. The molecule has 3 heteroatoms. The first-order valence-electron chi connectivity index (χ1n) is 13.4. The lowest BCUT2D eigenvalue weighted by atomic mass is 9.62. The molecule has 0 saturated heterocycles. The molecule has 1 N–H and O–H groups in total. The van der Waals surface area contributed by atoms with E-state index >= 15 is 0 Å². The van der Waals surface area contributed by atoms with Gasteiger partial charge < -0.3 is 9.73 Å². The van der Waals surface area contributed by atoms with Crippen LogP contribution in [0.25, 0.3) is 11.1 Å². The Morgan fingerprint density at radius 1 is 0.838 bits per heavy atom. The molecule has 0 fully saturated rings. The molecule has 0 unspecified atom stereocenters. The zero-order chi connectivity index (χ0) is 25.9. The van der Waals surface area contributed by atoms with Gasteiger partial charge >= 0.3 is 0 Å². The summed E-state index contributed by atoms with van der Waals surface area (Å²) in [5.74, 6) is 0.982. The maximum absolute atomic E-state index is 13.3. The summed E-state index contributed by atoms with van der Waals surface area (Å²) in [5, 5.41) is 3.22. The van der Waals surface area contributed by atoms with Gasteiger partial charge in [0, 0.05) is 6.42 Å². The Labute approximate surface area is 219 Å². The quantitative estimate of drug-likeness (QED) is 0.315. The highest BCUT2D eigenvalue weighted by Crippen LogP contribution is 2.47. The van der Waals surface area contributed by atoms with Crippen LogP contribution in [-0.4, -0.2) is 5.91 Å². The van der Waals surface area contributed by atoms with Gasteiger partial charge in [-0.15, -0.1) is 0 Å². The number of furan rings is 1. The number of carbonyl (C=O) groups excluding carboxylic acids is 1. The van der Waals surface area contributed by atoms with E-state index in [4.69, 9.17) is 4.42 Å². The molecule has 1 amide bonds. The molecule has 37 heavy (non-hydrogen) atoms. The number of carbonyl (C=O) groups is 1. The third-order valence-corrected chi connectivity index (χ3v) is 8.67. The number of hydrogen-bond donors (Lipinski definition) is 1. The number of fused-ring (bicyclic) bond motifs is 4. The van der Waals surface area contributed by atoms with Gasteiger partial charge in [0.2, 0.25) is 0 Å². The summed E-state index contributed by atoms with van der Waals surface area (Å²) in [5.41, 5.74) is 10.4. The topological polar surface area (TPSA) is 42.2 Å². The molecule has 0 aliphatic heterocycles. The van der Waals surface area contributed by atoms with E-state index in [1.54, 1.807) is 6.07 Å². The SMILES string of the molecule is Cc1cc2c(cc1Cc1ccc(C(=O)NC3c4ccccc4-c4ccccc43)o1)C(C)(C)CCC2(C)C. The summed E-state index contributed by atoms with van der Waals surface area (Å²) in [7, 11) is 0. The lowest BCUT2D eigenvalue weighted by Gasteiger charge is -2.42. The van der Waals surface area contributed by atoms with E-state index in [1.165, 1.54) is 46.2 Å². The van der Waals surface area contributed by atoms with Crippen LogP contribution in [-0.2, 0) is 17.3 Å². The fourth-order valence-corrected chi connectivity index (χ4v) is 6.25. The van der Waals surface area contributed by atoms with Crippen LogP contribution < -0.4 is 5.32 Å². The average molecular weight is 490 g/mol. The number of aryl methyl sites for hydroxylation is 1. The largest absolute Gasteiger partial charge is 0.456 e. The standard InChI is InChI=1S/C34H35NO2/c1-21-18-28-29(34(4,5)17-16-33(28,2)3)20-22(21)19-23-14-15-30(37-23)32(36)35-31-26-12-8-6-10-24(26)25-11-7-9-13-27(25)31/h6-15,18,20,31H,16-17,19H2,1-5H3,(H,35,36). The number of rotatable bonds is 4. The highest BCUT2D eigenvalue weighted by atomic mass is 16.3. The molecule has 0 atom stereocenters. The molecular formula is C34H35NO2. The van der Waals surface area contributed by atoms with Crippen LogP contribution >= 0.6 is 0 Å². The van der Waals surface area contributed by atoms with Crippen molar-refractivity contribution in [2.45, 2.75) is 70.8 Å². The van der Waals surface area contributed by atoms with Crippen LogP contribution in [0.15, 0.2) is 77.2 Å². The summed E-state index contributed by atoms with van der Waals surface area (Å²) in [6.45, 7) is 11.6. The van der Waals surface area contributed by atoms with Crippen molar-refractivity contribution in [2.24, 2.45) is 0 Å². The molecule has 188 valence electrons. The van der Waals surface area contributed by atoms with Gasteiger partial charge in [-0.25, -0.2) is 0 Å². The highest BCUT2D eigenvalue weighted by molar-refractivity contribution is 5.93. The zero-order valence-corrected chi connectivity index (χ0v) is 22.4. The van der Waals surface area contributed by atoms with Crippen LogP contribution in [0.1, 0.15) is 96.3 Å². The molecule has 3 aromatic carbocycles. The molecular weight excluding hydrogens is 454 g/mol. The minimum absolute atomic E-state index is 0.162. The Morgan fingerprint density at radius 2 is 1.41 bits per heavy atom. The summed E-state index contributed by atoms with van der Waals surface area (Å²) in [6.07, 6.45) is 3.07. The first-order valence-corrected chi connectivity index (χ1v) is 13.4. The second-order valence-electron chi connectivity index (χ2n) is 12.1. The first-order chi connectivity index (χ1) is 17.6. The number of amides is 1. The number of nitrogens with one attached hydrogen (secondary N) is 1. The van der Waals surface area contributed by atoms with Gasteiger partial charge in [-0.05, 0) is 87.2 Å². The zero-order valence-electron chi connectivity index (χ0n) is 22.4. The van der Waals surface area contributed by atoms with Crippen LogP contribution in [0.5, 0.6) is 0 Å². The van der Waals surface area contributed by atoms with Gasteiger partial charge in [0.05, 0.1) is 6.04 Å². The van der Waals surface area contributed by atoms with Crippen molar-refractivity contribution < 1.29 is 9.21 Å². The van der Waals surface area contributed by atoms with Crippen molar-refractivity contribution in [3.05, 3.63) is 118 Å². The molecule has 0 bridgehead atoms. The van der Waals surface area contributed by atoms with E-state index in [9.17, 15) is 4.79 Å². The molecule has 4 aromatic rings. The fourth-order valence-electron chi connectivity index (χ4n) is 6.25. The predicted octanol–water partition coefficient (Wildman–Crippen LogP) is 8.03.